The molecule has 116 valence electrons. The van der Waals surface area contributed by atoms with Gasteiger partial charge in [0.2, 0.25) is 11.8 Å². The smallest absolute Gasteiger partial charge is 0.275 e. The van der Waals surface area contributed by atoms with Gasteiger partial charge in [0.1, 0.15) is 0 Å². The van der Waals surface area contributed by atoms with Crippen LogP contribution in [-0.4, -0.2) is 48.9 Å². The zero-order valence-electron chi connectivity index (χ0n) is 12.6. The van der Waals surface area contributed by atoms with Gasteiger partial charge in [0, 0.05) is 6.04 Å². The molecule has 1 heterocycles. The van der Waals surface area contributed by atoms with E-state index in [-0.39, 0.29) is 29.6 Å². The number of quaternary nitrogens is 1. The van der Waals surface area contributed by atoms with Gasteiger partial charge in [-0.25, -0.2) is 4.90 Å². The van der Waals surface area contributed by atoms with Gasteiger partial charge >= 0.3 is 0 Å². The predicted octanol–water partition coefficient (Wildman–Crippen LogP) is -1.09. The molecule has 1 unspecified atom stereocenters. The number of fused-ring (bicyclic) bond motifs is 1. The van der Waals surface area contributed by atoms with Crippen LogP contribution >= 0.6 is 0 Å². The maximum absolute atomic E-state index is 12.4. The van der Waals surface area contributed by atoms with Crippen LogP contribution in [0.15, 0.2) is 0 Å². The van der Waals surface area contributed by atoms with Crippen LogP contribution in [0.1, 0.15) is 38.5 Å². The molecule has 2 aliphatic carbocycles. The Bertz CT molecular complexity index is 437. The number of likely N-dealkylation sites (N-methyl/N-ethyl adjacent to an activating group) is 1. The molecule has 1 saturated heterocycles. The molecule has 0 aromatic heterocycles. The summed E-state index contributed by atoms with van der Waals surface area (Å²) in [6.07, 6.45) is 5.90. The number of imide groups is 1. The van der Waals surface area contributed by atoms with Crippen LogP contribution < -0.4 is 10.2 Å². The number of carbonyl (C=O) groups excluding carboxylic acids is 3. The van der Waals surface area contributed by atoms with Crippen LogP contribution in [0.25, 0.3) is 0 Å². The lowest BCUT2D eigenvalue weighted by molar-refractivity contribution is -0.879. The Labute approximate surface area is 124 Å². The highest BCUT2D eigenvalue weighted by Crippen LogP contribution is 2.37. The van der Waals surface area contributed by atoms with E-state index >= 15 is 0 Å². The Hall–Kier alpha value is -1.43. The number of nitrogens with zero attached hydrogens (tertiary/aromatic N) is 1. The Morgan fingerprint density at radius 2 is 1.71 bits per heavy atom. The van der Waals surface area contributed by atoms with Crippen molar-refractivity contribution < 1.29 is 19.3 Å². The molecule has 2 N–H and O–H groups in total. The Morgan fingerprint density at radius 3 is 2.24 bits per heavy atom. The summed E-state index contributed by atoms with van der Waals surface area (Å²) in [4.78, 5) is 38.7. The molecular formula is C15H24N3O3+. The summed E-state index contributed by atoms with van der Waals surface area (Å²) in [5, 5.41) is 2.93. The molecule has 1 aliphatic heterocycles. The summed E-state index contributed by atoms with van der Waals surface area (Å²) in [7, 11) is 1.86. The lowest BCUT2D eigenvalue weighted by Gasteiger charge is -2.20. The Kier molecular flexibility index (Phi) is 3.97. The molecule has 3 aliphatic rings. The van der Waals surface area contributed by atoms with Crippen molar-refractivity contribution in [3.63, 3.8) is 0 Å². The van der Waals surface area contributed by atoms with Gasteiger partial charge in [-0.1, -0.05) is 12.8 Å². The second-order valence-corrected chi connectivity index (χ2v) is 6.74. The van der Waals surface area contributed by atoms with Crippen molar-refractivity contribution in [2.24, 2.45) is 11.8 Å². The highest BCUT2D eigenvalue weighted by Gasteiger charge is 2.49. The largest absolute Gasteiger partial charge is 0.348 e. The molecule has 3 rings (SSSR count). The summed E-state index contributed by atoms with van der Waals surface area (Å²) in [6.45, 7) is 0.617. The Morgan fingerprint density at radius 1 is 1.14 bits per heavy atom. The molecule has 21 heavy (non-hydrogen) atoms. The first kappa shape index (κ1) is 14.5. The fourth-order valence-corrected chi connectivity index (χ4v) is 3.49. The average molecular weight is 294 g/mol. The van der Waals surface area contributed by atoms with Gasteiger partial charge in [-0.05, 0) is 25.7 Å². The first-order valence-electron chi connectivity index (χ1n) is 8.02. The standard InChI is InChI=1S/C15H23N3O3/c1-17(8-13(19)16-10-6-7-10)9-18-14(20)11-4-2-3-5-12(11)15(18)21/h10-12H,2-9H2,1H3,(H,16,19)/p+1/t11-,12-/m0/s1. The van der Waals surface area contributed by atoms with E-state index in [9.17, 15) is 14.4 Å². The number of amides is 3. The van der Waals surface area contributed by atoms with E-state index in [1.54, 1.807) is 0 Å². The van der Waals surface area contributed by atoms with E-state index in [1.165, 1.54) is 4.90 Å². The molecule has 3 atom stereocenters. The van der Waals surface area contributed by atoms with Crippen molar-refractivity contribution in [2.75, 3.05) is 20.3 Å². The number of carbonyl (C=O) groups is 3. The minimum Gasteiger partial charge on any atom is -0.348 e. The number of nitrogens with one attached hydrogen (secondary N) is 2. The van der Waals surface area contributed by atoms with Gasteiger partial charge in [-0.2, -0.15) is 0 Å². The van der Waals surface area contributed by atoms with Gasteiger partial charge < -0.3 is 10.2 Å². The quantitative estimate of drug-likeness (QED) is 0.633. The van der Waals surface area contributed by atoms with Crippen LogP contribution in [0.2, 0.25) is 0 Å². The summed E-state index contributed by atoms with van der Waals surface area (Å²) >= 11 is 0. The zero-order chi connectivity index (χ0) is 15.0. The monoisotopic (exact) mass is 294 g/mol. The van der Waals surface area contributed by atoms with Crippen LogP contribution in [-0.2, 0) is 14.4 Å². The SMILES string of the molecule is C[NH+](CC(=O)NC1CC1)CN1C(=O)[C@H]2CCCC[C@@H]2C1=O. The molecule has 2 saturated carbocycles. The average Bonchev–Trinajstić information content (AvgIpc) is 3.23. The molecule has 0 bridgehead atoms. The molecular weight excluding hydrogens is 270 g/mol. The van der Waals surface area contributed by atoms with Crippen LogP contribution in [0.4, 0.5) is 0 Å². The molecule has 3 amide bonds. The van der Waals surface area contributed by atoms with Gasteiger partial charge in [0.25, 0.3) is 5.91 Å². The van der Waals surface area contributed by atoms with Gasteiger partial charge in [-0.3, -0.25) is 14.4 Å². The highest BCUT2D eigenvalue weighted by atomic mass is 16.2. The summed E-state index contributed by atoms with van der Waals surface area (Å²) < 4.78 is 0. The highest BCUT2D eigenvalue weighted by molar-refractivity contribution is 6.05. The Balaban J connectivity index is 1.54. The normalized spacial score (nSPS) is 30.2. The topological polar surface area (TPSA) is 70.9 Å². The van der Waals surface area contributed by atoms with Crippen molar-refractivity contribution in [3.05, 3.63) is 0 Å². The van der Waals surface area contributed by atoms with Crippen molar-refractivity contribution in [3.8, 4) is 0 Å². The maximum Gasteiger partial charge on any atom is 0.275 e. The number of hydrogen-bond donors (Lipinski definition) is 2. The second-order valence-electron chi connectivity index (χ2n) is 6.74. The third-order valence-corrected chi connectivity index (χ3v) is 4.77. The van der Waals surface area contributed by atoms with Crippen molar-refractivity contribution in [2.45, 2.75) is 44.6 Å². The van der Waals surface area contributed by atoms with Crippen molar-refractivity contribution >= 4 is 17.7 Å². The van der Waals surface area contributed by atoms with Gasteiger partial charge in [-0.15, -0.1) is 0 Å². The van der Waals surface area contributed by atoms with E-state index < -0.39 is 0 Å². The number of likely N-dealkylation sites (tertiary alicyclic amines) is 1. The zero-order valence-corrected chi connectivity index (χ0v) is 12.6. The van der Waals surface area contributed by atoms with Gasteiger partial charge in [0.15, 0.2) is 13.2 Å². The van der Waals surface area contributed by atoms with Crippen molar-refractivity contribution in [1.29, 1.82) is 0 Å². The molecule has 6 nitrogen and oxygen atoms in total. The third-order valence-electron chi connectivity index (χ3n) is 4.77. The van der Waals surface area contributed by atoms with E-state index in [2.05, 4.69) is 5.32 Å². The molecule has 0 aromatic carbocycles. The second kappa shape index (κ2) is 5.75. The lowest BCUT2D eigenvalue weighted by Crippen LogP contribution is -3.12. The molecule has 6 heteroatoms. The fourth-order valence-electron chi connectivity index (χ4n) is 3.49. The summed E-state index contributed by atoms with van der Waals surface area (Å²) in [5.74, 6) is -0.233. The lowest BCUT2D eigenvalue weighted by atomic mass is 9.81. The molecule has 3 fully saturated rings. The van der Waals surface area contributed by atoms with Gasteiger partial charge in [0.05, 0.1) is 18.9 Å². The summed E-state index contributed by atoms with van der Waals surface area (Å²) in [6, 6.07) is 0.350. The first-order chi connectivity index (χ1) is 10.1. The third kappa shape index (κ3) is 3.10. The molecule has 0 aromatic rings. The predicted molar refractivity (Wildman–Crippen MR) is 75.1 cm³/mol. The number of rotatable bonds is 5. The summed E-state index contributed by atoms with van der Waals surface area (Å²) in [5.41, 5.74) is 0. The molecule has 0 radical (unpaired) electrons. The van der Waals surface area contributed by atoms with E-state index in [0.717, 1.165) is 43.4 Å². The van der Waals surface area contributed by atoms with E-state index in [4.69, 9.17) is 0 Å². The first-order valence-corrected chi connectivity index (χ1v) is 8.02. The number of hydrogen-bond acceptors (Lipinski definition) is 3. The minimum atomic E-state index is -0.0978. The van der Waals surface area contributed by atoms with Crippen LogP contribution in [0, 0.1) is 11.8 Å². The van der Waals surface area contributed by atoms with Crippen molar-refractivity contribution in [1.82, 2.24) is 10.2 Å². The van der Waals surface area contributed by atoms with E-state index in [0.29, 0.717) is 19.3 Å². The minimum absolute atomic E-state index is 0.00603. The van der Waals surface area contributed by atoms with Crippen LogP contribution in [0.3, 0.4) is 0 Å². The maximum atomic E-state index is 12.4. The molecule has 0 spiro atoms. The fraction of sp³-hybridized carbons (Fsp3) is 0.800. The van der Waals surface area contributed by atoms with E-state index in [1.807, 2.05) is 7.05 Å². The van der Waals surface area contributed by atoms with Crippen LogP contribution in [0.5, 0.6) is 0 Å².